The molecule has 0 aliphatic carbocycles. The van der Waals surface area contributed by atoms with Crippen LogP contribution in [0.4, 0.5) is 0 Å². The molecule has 1 aromatic carbocycles. The summed E-state index contributed by atoms with van der Waals surface area (Å²) in [6.45, 7) is 0.755. The normalized spacial score (nSPS) is 18.2. The van der Waals surface area contributed by atoms with Gasteiger partial charge in [-0.05, 0) is 18.9 Å². The Morgan fingerprint density at radius 3 is 3.14 bits per heavy atom. The van der Waals surface area contributed by atoms with Crippen LogP contribution in [0.25, 0.3) is 22.3 Å². The van der Waals surface area contributed by atoms with Gasteiger partial charge in [0.2, 0.25) is 11.7 Å². The fourth-order valence-electron chi connectivity index (χ4n) is 3.05. The van der Waals surface area contributed by atoms with Crippen molar-refractivity contribution in [2.24, 2.45) is 5.73 Å². The Morgan fingerprint density at radius 1 is 1.41 bits per heavy atom. The molecular formula is C15H16N6O. The van der Waals surface area contributed by atoms with E-state index in [2.05, 4.69) is 15.1 Å². The van der Waals surface area contributed by atoms with Gasteiger partial charge in [-0.25, -0.2) is 0 Å². The summed E-state index contributed by atoms with van der Waals surface area (Å²) in [6, 6.07) is 7.90. The number of aromatic amines is 1. The minimum Gasteiger partial charge on any atom is -0.370 e. The standard InChI is InChI=1S/C15H16N6O/c16-15(17)21-7-3-6-12(21)14-19-13(20-22-14)10-8-18-11-5-2-1-4-9(10)11/h1-2,4-5,8,12,18H,3,6-7H2,(H3,16,17)/t12-/m0/s1. The van der Waals surface area contributed by atoms with Crippen LogP contribution in [0.2, 0.25) is 0 Å². The molecule has 3 heterocycles. The molecule has 2 aromatic heterocycles. The molecular weight excluding hydrogens is 280 g/mol. The number of likely N-dealkylation sites (tertiary alicyclic amines) is 1. The second-order valence-corrected chi connectivity index (χ2v) is 5.44. The van der Waals surface area contributed by atoms with Crippen LogP contribution >= 0.6 is 0 Å². The van der Waals surface area contributed by atoms with Gasteiger partial charge in [0.25, 0.3) is 0 Å². The Hall–Kier alpha value is -2.83. The van der Waals surface area contributed by atoms with Crippen molar-refractivity contribution < 1.29 is 4.52 Å². The second kappa shape index (κ2) is 4.87. The van der Waals surface area contributed by atoms with Crippen LogP contribution in [0.1, 0.15) is 24.8 Å². The molecule has 7 nitrogen and oxygen atoms in total. The maximum Gasteiger partial charge on any atom is 0.249 e. The van der Waals surface area contributed by atoms with Crippen molar-refractivity contribution in [1.29, 1.82) is 5.41 Å². The maximum atomic E-state index is 7.63. The summed E-state index contributed by atoms with van der Waals surface area (Å²) in [7, 11) is 0. The van der Waals surface area contributed by atoms with Crippen molar-refractivity contribution in [3.8, 4) is 11.4 Å². The van der Waals surface area contributed by atoms with Gasteiger partial charge in [0.1, 0.15) is 6.04 Å². The highest BCUT2D eigenvalue weighted by Crippen LogP contribution is 2.32. The molecule has 1 aliphatic heterocycles. The first-order valence-corrected chi connectivity index (χ1v) is 7.25. The van der Waals surface area contributed by atoms with E-state index in [0.717, 1.165) is 35.9 Å². The van der Waals surface area contributed by atoms with Gasteiger partial charge >= 0.3 is 0 Å². The Labute approximate surface area is 126 Å². The van der Waals surface area contributed by atoms with E-state index in [1.807, 2.05) is 30.5 Å². The molecule has 0 spiro atoms. The predicted octanol–water partition coefficient (Wildman–Crippen LogP) is 2.25. The van der Waals surface area contributed by atoms with E-state index in [9.17, 15) is 0 Å². The van der Waals surface area contributed by atoms with Gasteiger partial charge in [-0.1, -0.05) is 23.4 Å². The van der Waals surface area contributed by atoms with Crippen molar-refractivity contribution in [2.45, 2.75) is 18.9 Å². The summed E-state index contributed by atoms with van der Waals surface area (Å²) >= 11 is 0. The van der Waals surface area contributed by atoms with Crippen molar-refractivity contribution in [3.05, 3.63) is 36.4 Å². The predicted molar refractivity (Wildman–Crippen MR) is 82.2 cm³/mol. The number of benzene rings is 1. The number of aromatic nitrogens is 3. The Morgan fingerprint density at radius 2 is 2.27 bits per heavy atom. The number of guanidine groups is 1. The highest BCUT2D eigenvalue weighted by molar-refractivity contribution is 5.93. The lowest BCUT2D eigenvalue weighted by molar-refractivity contribution is 0.283. The number of H-pyrrole nitrogens is 1. The summed E-state index contributed by atoms with van der Waals surface area (Å²) in [5.41, 5.74) is 7.57. The minimum atomic E-state index is -0.0936. The van der Waals surface area contributed by atoms with E-state index in [0.29, 0.717) is 11.7 Å². The molecule has 1 atom stereocenters. The van der Waals surface area contributed by atoms with Gasteiger partial charge in [0.05, 0.1) is 0 Å². The molecule has 4 rings (SSSR count). The third kappa shape index (κ3) is 1.93. The minimum absolute atomic E-state index is 0.0503. The zero-order valence-electron chi connectivity index (χ0n) is 11.9. The van der Waals surface area contributed by atoms with Gasteiger partial charge in [-0.15, -0.1) is 0 Å². The lowest BCUT2D eigenvalue weighted by Crippen LogP contribution is -2.35. The largest absolute Gasteiger partial charge is 0.370 e. The number of fused-ring (bicyclic) bond motifs is 1. The SMILES string of the molecule is N=C(N)N1CCC[C@H]1c1nc(-c2c[nH]c3ccccc23)no1. The summed E-state index contributed by atoms with van der Waals surface area (Å²) in [5, 5.41) is 12.8. The zero-order chi connectivity index (χ0) is 15.1. The van der Waals surface area contributed by atoms with E-state index in [4.69, 9.17) is 15.7 Å². The summed E-state index contributed by atoms with van der Waals surface area (Å²) in [6.07, 6.45) is 3.72. The first-order valence-electron chi connectivity index (χ1n) is 7.25. The Bertz CT molecular complexity index is 835. The molecule has 4 N–H and O–H groups in total. The van der Waals surface area contributed by atoms with E-state index in [-0.39, 0.29) is 12.0 Å². The Kier molecular flexibility index (Phi) is 2.85. The van der Waals surface area contributed by atoms with E-state index >= 15 is 0 Å². The number of rotatable bonds is 2. The highest BCUT2D eigenvalue weighted by atomic mass is 16.5. The smallest absolute Gasteiger partial charge is 0.249 e. The molecule has 7 heteroatoms. The fraction of sp³-hybridized carbons (Fsp3) is 0.267. The van der Waals surface area contributed by atoms with Crippen LogP contribution in [0.15, 0.2) is 35.0 Å². The summed E-state index contributed by atoms with van der Waals surface area (Å²) in [5.74, 6) is 1.13. The van der Waals surface area contributed by atoms with Gasteiger partial charge in [0, 0.05) is 29.2 Å². The van der Waals surface area contributed by atoms with Gasteiger partial charge in [-0.3, -0.25) is 5.41 Å². The molecule has 0 amide bonds. The number of nitrogens with two attached hydrogens (primary N) is 1. The highest BCUT2D eigenvalue weighted by Gasteiger charge is 2.31. The molecule has 0 unspecified atom stereocenters. The van der Waals surface area contributed by atoms with Crippen LogP contribution in [-0.4, -0.2) is 32.5 Å². The first-order chi connectivity index (χ1) is 10.7. The van der Waals surface area contributed by atoms with Crippen LogP contribution in [0, 0.1) is 5.41 Å². The third-order valence-corrected chi connectivity index (χ3v) is 4.12. The number of nitrogens with one attached hydrogen (secondary N) is 2. The molecule has 0 saturated carbocycles. The molecule has 1 aliphatic rings. The van der Waals surface area contributed by atoms with E-state index < -0.39 is 0 Å². The summed E-state index contributed by atoms with van der Waals surface area (Å²) in [4.78, 5) is 9.53. The van der Waals surface area contributed by atoms with Crippen molar-refractivity contribution >= 4 is 16.9 Å². The van der Waals surface area contributed by atoms with Crippen LogP contribution in [-0.2, 0) is 0 Å². The zero-order valence-corrected chi connectivity index (χ0v) is 11.9. The van der Waals surface area contributed by atoms with Crippen molar-refractivity contribution in [3.63, 3.8) is 0 Å². The molecule has 1 saturated heterocycles. The lowest BCUT2D eigenvalue weighted by Gasteiger charge is -2.21. The lowest BCUT2D eigenvalue weighted by atomic mass is 10.1. The third-order valence-electron chi connectivity index (χ3n) is 4.12. The van der Waals surface area contributed by atoms with E-state index in [1.165, 1.54) is 0 Å². The van der Waals surface area contributed by atoms with Gasteiger partial charge in [0.15, 0.2) is 5.96 Å². The van der Waals surface area contributed by atoms with Gasteiger partial charge in [-0.2, -0.15) is 4.98 Å². The fourth-order valence-corrected chi connectivity index (χ4v) is 3.05. The van der Waals surface area contributed by atoms with Gasteiger partial charge < -0.3 is 20.1 Å². The molecule has 22 heavy (non-hydrogen) atoms. The first kappa shape index (κ1) is 12.9. The number of hydrogen-bond acceptors (Lipinski definition) is 4. The molecule has 1 fully saturated rings. The number of para-hydroxylation sites is 1. The molecule has 0 bridgehead atoms. The second-order valence-electron chi connectivity index (χ2n) is 5.44. The average Bonchev–Trinajstić information content (AvgIpc) is 3.24. The quantitative estimate of drug-likeness (QED) is 0.496. The topological polar surface area (TPSA) is 108 Å². The Balaban J connectivity index is 1.71. The van der Waals surface area contributed by atoms with Crippen molar-refractivity contribution in [2.75, 3.05) is 6.54 Å². The van der Waals surface area contributed by atoms with Crippen LogP contribution in [0.5, 0.6) is 0 Å². The molecule has 0 radical (unpaired) electrons. The maximum absolute atomic E-state index is 7.63. The number of hydrogen-bond donors (Lipinski definition) is 3. The number of nitrogens with zero attached hydrogens (tertiary/aromatic N) is 3. The molecule has 112 valence electrons. The van der Waals surface area contributed by atoms with E-state index in [1.54, 1.807) is 4.90 Å². The monoisotopic (exact) mass is 296 g/mol. The molecule has 3 aromatic rings. The van der Waals surface area contributed by atoms with Crippen molar-refractivity contribution in [1.82, 2.24) is 20.0 Å². The summed E-state index contributed by atoms with van der Waals surface area (Å²) < 4.78 is 5.43. The average molecular weight is 296 g/mol. The van der Waals surface area contributed by atoms with Crippen LogP contribution in [0.3, 0.4) is 0 Å². The van der Waals surface area contributed by atoms with Crippen LogP contribution < -0.4 is 5.73 Å².